The molecule has 0 nitrogen and oxygen atoms in total. The summed E-state index contributed by atoms with van der Waals surface area (Å²) in [7, 11) is 0. The molecule has 1 aromatic heterocycles. The van der Waals surface area contributed by atoms with Gasteiger partial charge in [-0.15, -0.1) is 0 Å². The molecular formula is C5H7KSe. The van der Waals surface area contributed by atoms with E-state index < -0.39 is 0 Å². The average Bonchev–Trinajstić information content (AvgIpc) is 1.86. The van der Waals surface area contributed by atoms with Crippen LogP contribution in [0.5, 0.6) is 0 Å². The normalized spacial score (nSPS) is 7.57. The first-order valence-corrected chi connectivity index (χ1v) is 3.74. The predicted molar refractivity (Wildman–Crippen MR) is 35.3 cm³/mol. The molecule has 0 saturated carbocycles. The van der Waals surface area contributed by atoms with E-state index >= 15 is 0 Å². The van der Waals surface area contributed by atoms with Gasteiger partial charge in [0.25, 0.3) is 0 Å². The third-order valence-corrected chi connectivity index (χ3v) is 2.34. The first kappa shape index (κ1) is 8.64. The molecule has 0 bridgehead atoms. The van der Waals surface area contributed by atoms with Gasteiger partial charge in [0.1, 0.15) is 0 Å². The van der Waals surface area contributed by atoms with Crippen molar-refractivity contribution < 1.29 is 0 Å². The van der Waals surface area contributed by atoms with Crippen LogP contribution in [-0.2, 0) is 0 Å². The standard InChI is InChI=1S/C5H6Se.K.H/c1-5-3-2-4-6-5;;/h2-4H,1H3;;. The van der Waals surface area contributed by atoms with Crippen LogP contribution in [0.25, 0.3) is 0 Å². The van der Waals surface area contributed by atoms with Gasteiger partial charge in [-0.1, -0.05) is 0 Å². The molecule has 7 heavy (non-hydrogen) atoms. The summed E-state index contributed by atoms with van der Waals surface area (Å²) >= 11 is 0.708. The van der Waals surface area contributed by atoms with Gasteiger partial charge in [-0.25, -0.2) is 0 Å². The summed E-state index contributed by atoms with van der Waals surface area (Å²) in [5, 5.41) is 0. The van der Waals surface area contributed by atoms with Crippen LogP contribution in [-0.4, -0.2) is 65.9 Å². The second kappa shape index (κ2) is 4.51. The Kier molecular flexibility index (Phi) is 5.56. The van der Waals surface area contributed by atoms with Crippen molar-refractivity contribution in [2.24, 2.45) is 0 Å². The zero-order valence-electron chi connectivity index (χ0n) is 3.64. The fourth-order valence-corrected chi connectivity index (χ4v) is 1.47. The molecule has 0 aliphatic heterocycles. The van der Waals surface area contributed by atoms with Gasteiger partial charge in [-0.2, -0.15) is 0 Å². The molecule has 1 heterocycles. The van der Waals surface area contributed by atoms with Gasteiger partial charge in [0.2, 0.25) is 0 Å². The number of hydrogen-bond acceptors (Lipinski definition) is 0. The van der Waals surface area contributed by atoms with Crippen molar-refractivity contribution in [1.82, 2.24) is 0 Å². The molecule has 0 radical (unpaired) electrons. The second-order valence-corrected chi connectivity index (χ2v) is 3.64. The summed E-state index contributed by atoms with van der Waals surface area (Å²) in [6, 6.07) is 4.29. The quantitative estimate of drug-likeness (QED) is 0.513. The van der Waals surface area contributed by atoms with Crippen molar-refractivity contribution in [2.75, 3.05) is 0 Å². The predicted octanol–water partition coefficient (Wildman–Crippen LogP) is 0.404. The molecule has 0 aliphatic carbocycles. The molecule has 2 heteroatoms. The summed E-state index contributed by atoms with van der Waals surface area (Å²) in [5.74, 6) is 0. The number of hydrogen-bond donors (Lipinski definition) is 0. The Hall–Kier alpha value is 1.64. The molecule has 0 aromatic carbocycles. The molecule has 0 unspecified atom stereocenters. The molecule has 0 spiro atoms. The molecule has 0 aliphatic rings. The van der Waals surface area contributed by atoms with E-state index in [2.05, 4.69) is 24.0 Å². The molecule has 0 N–H and O–H groups in total. The van der Waals surface area contributed by atoms with Crippen LogP contribution in [0.4, 0.5) is 0 Å². The van der Waals surface area contributed by atoms with Crippen LogP contribution in [0.15, 0.2) is 17.1 Å². The fourth-order valence-electron chi connectivity index (χ4n) is 0.361. The SMILES string of the molecule is Cc1ccc[se]1.[KH]. The van der Waals surface area contributed by atoms with E-state index in [4.69, 9.17) is 0 Å². The maximum atomic E-state index is 2.22. The average molecular weight is 185 g/mol. The molecular weight excluding hydrogens is 178 g/mol. The van der Waals surface area contributed by atoms with E-state index in [0.29, 0.717) is 14.5 Å². The minimum absolute atomic E-state index is 0. The van der Waals surface area contributed by atoms with Gasteiger partial charge >= 0.3 is 94.3 Å². The topological polar surface area (TPSA) is 0 Å². The fraction of sp³-hybridized carbons (Fsp3) is 0.200. The van der Waals surface area contributed by atoms with Crippen LogP contribution in [0.2, 0.25) is 0 Å². The molecule has 0 atom stereocenters. The first-order chi connectivity index (χ1) is 2.89. The van der Waals surface area contributed by atoms with Crippen molar-refractivity contribution in [1.29, 1.82) is 0 Å². The summed E-state index contributed by atoms with van der Waals surface area (Å²) < 4.78 is 1.53. The Morgan fingerprint density at radius 2 is 2.29 bits per heavy atom. The third-order valence-electron chi connectivity index (χ3n) is 0.663. The van der Waals surface area contributed by atoms with Crippen molar-refractivity contribution in [3.05, 3.63) is 21.5 Å². The van der Waals surface area contributed by atoms with E-state index in [9.17, 15) is 0 Å². The Bertz CT molecular complexity index is 112. The summed E-state index contributed by atoms with van der Waals surface area (Å²) in [5.41, 5.74) is 0. The molecule has 0 fully saturated rings. The molecule has 1 aromatic rings. The Balaban J connectivity index is 0.000000360. The summed E-state index contributed by atoms with van der Waals surface area (Å²) in [4.78, 5) is 2.22. The van der Waals surface area contributed by atoms with Crippen LogP contribution < -0.4 is 0 Å². The molecule has 34 valence electrons. The summed E-state index contributed by atoms with van der Waals surface area (Å²) in [6.45, 7) is 2.17. The van der Waals surface area contributed by atoms with Gasteiger partial charge in [0.05, 0.1) is 0 Å². The molecule has 1 rings (SSSR count). The Labute approximate surface area is 92.5 Å². The van der Waals surface area contributed by atoms with Crippen molar-refractivity contribution >= 4 is 65.9 Å². The van der Waals surface area contributed by atoms with E-state index in [1.54, 1.807) is 0 Å². The van der Waals surface area contributed by atoms with E-state index in [1.807, 2.05) is 0 Å². The second-order valence-electron chi connectivity index (χ2n) is 1.22. The zero-order valence-corrected chi connectivity index (χ0v) is 5.35. The van der Waals surface area contributed by atoms with Gasteiger partial charge < -0.3 is 0 Å². The third kappa shape index (κ3) is 3.25. The molecule has 0 saturated heterocycles. The maximum absolute atomic E-state index is 2.22. The van der Waals surface area contributed by atoms with E-state index in [0.717, 1.165) is 0 Å². The van der Waals surface area contributed by atoms with Gasteiger partial charge in [0, 0.05) is 0 Å². The van der Waals surface area contributed by atoms with Gasteiger partial charge in [0.15, 0.2) is 0 Å². The Morgan fingerprint density at radius 3 is 2.43 bits per heavy atom. The summed E-state index contributed by atoms with van der Waals surface area (Å²) in [6.07, 6.45) is 0. The zero-order chi connectivity index (χ0) is 4.41. The monoisotopic (exact) mass is 186 g/mol. The minimum atomic E-state index is 0. The van der Waals surface area contributed by atoms with E-state index in [1.165, 1.54) is 4.44 Å². The number of rotatable bonds is 0. The molecule has 0 amide bonds. The van der Waals surface area contributed by atoms with Crippen molar-refractivity contribution in [3.8, 4) is 0 Å². The van der Waals surface area contributed by atoms with Crippen LogP contribution in [0, 0.1) is 6.92 Å². The van der Waals surface area contributed by atoms with Crippen LogP contribution >= 0.6 is 0 Å². The van der Waals surface area contributed by atoms with Crippen LogP contribution in [0.3, 0.4) is 0 Å². The van der Waals surface area contributed by atoms with Gasteiger partial charge in [-0.3, -0.25) is 0 Å². The van der Waals surface area contributed by atoms with Crippen molar-refractivity contribution in [3.63, 3.8) is 0 Å². The van der Waals surface area contributed by atoms with Crippen molar-refractivity contribution in [2.45, 2.75) is 6.92 Å². The van der Waals surface area contributed by atoms with Crippen LogP contribution in [0.1, 0.15) is 4.44 Å². The number of aryl methyl sites for hydroxylation is 1. The Morgan fingerprint density at radius 1 is 1.57 bits per heavy atom. The van der Waals surface area contributed by atoms with Gasteiger partial charge in [-0.05, 0) is 0 Å². The first-order valence-electron chi connectivity index (χ1n) is 1.90. The van der Waals surface area contributed by atoms with E-state index in [-0.39, 0.29) is 51.4 Å².